The SMILES string of the molecule is C#CC(C)(C)N1CC(C)(c2ccccc2)NCC1C(C)C. The van der Waals surface area contributed by atoms with E-state index in [1.807, 2.05) is 0 Å². The first-order valence-electron chi connectivity index (χ1n) is 7.85. The van der Waals surface area contributed by atoms with Crippen molar-refractivity contribution in [2.45, 2.75) is 51.7 Å². The lowest BCUT2D eigenvalue weighted by Gasteiger charge is -2.52. The van der Waals surface area contributed by atoms with Crippen LogP contribution in [0.25, 0.3) is 0 Å². The van der Waals surface area contributed by atoms with Crippen molar-refractivity contribution < 1.29 is 0 Å². The lowest BCUT2D eigenvalue weighted by molar-refractivity contribution is 0.00993. The highest BCUT2D eigenvalue weighted by Gasteiger charge is 2.43. The fourth-order valence-electron chi connectivity index (χ4n) is 3.24. The quantitative estimate of drug-likeness (QED) is 0.857. The number of hydrogen-bond acceptors (Lipinski definition) is 2. The van der Waals surface area contributed by atoms with E-state index in [9.17, 15) is 0 Å². The smallest absolute Gasteiger partial charge is 0.0769 e. The zero-order valence-electron chi connectivity index (χ0n) is 14.0. The molecule has 1 fully saturated rings. The molecule has 2 rings (SSSR count). The van der Waals surface area contributed by atoms with E-state index in [0.29, 0.717) is 12.0 Å². The molecule has 114 valence electrons. The van der Waals surface area contributed by atoms with Gasteiger partial charge in [-0.25, -0.2) is 0 Å². The van der Waals surface area contributed by atoms with Gasteiger partial charge in [0, 0.05) is 19.1 Å². The van der Waals surface area contributed by atoms with Crippen molar-refractivity contribution in [2.75, 3.05) is 13.1 Å². The number of nitrogens with one attached hydrogen (secondary N) is 1. The van der Waals surface area contributed by atoms with Crippen LogP contribution in [0.5, 0.6) is 0 Å². The van der Waals surface area contributed by atoms with Crippen LogP contribution < -0.4 is 5.32 Å². The van der Waals surface area contributed by atoms with Gasteiger partial charge >= 0.3 is 0 Å². The van der Waals surface area contributed by atoms with Gasteiger partial charge in [-0.2, -0.15) is 0 Å². The van der Waals surface area contributed by atoms with Crippen molar-refractivity contribution in [3.63, 3.8) is 0 Å². The van der Waals surface area contributed by atoms with Crippen molar-refractivity contribution in [1.29, 1.82) is 0 Å². The maximum Gasteiger partial charge on any atom is 0.0769 e. The first-order chi connectivity index (χ1) is 9.80. The largest absolute Gasteiger partial charge is 0.305 e. The molecule has 2 unspecified atom stereocenters. The number of piperazine rings is 1. The molecule has 0 spiro atoms. The molecule has 2 nitrogen and oxygen atoms in total. The summed E-state index contributed by atoms with van der Waals surface area (Å²) in [5.74, 6) is 3.56. The molecule has 1 saturated heterocycles. The Morgan fingerprint density at radius 2 is 1.95 bits per heavy atom. The van der Waals surface area contributed by atoms with E-state index in [0.717, 1.165) is 13.1 Å². The number of terminal acetylenes is 1. The fourth-order valence-corrected chi connectivity index (χ4v) is 3.24. The second-order valence-electron chi connectivity index (χ2n) is 7.22. The van der Waals surface area contributed by atoms with Crippen LogP contribution in [-0.4, -0.2) is 29.6 Å². The van der Waals surface area contributed by atoms with Gasteiger partial charge in [-0.3, -0.25) is 4.90 Å². The third-order valence-electron chi connectivity index (χ3n) is 4.84. The summed E-state index contributed by atoms with van der Waals surface area (Å²) in [5.41, 5.74) is 1.04. The third-order valence-corrected chi connectivity index (χ3v) is 4.84. The van der Waals surface area contributed by atoms with E-state index >= 15 is 0 Å². The van der Waals surface area contributed by atoms with Gasteiger partial charge < -0.3 is 5.32 Å². The maximum atomic E-state index is 5.81. The molecule has 0 bridgehead atoms. The lowest BCUT2D eigenvalue weighted by atomic mass is 9.83. The zero-order valence-corrected chi connectivity index (χ0v) is 14.0. The van der Waals surface area contributed by atoms with Gasteiger partial charge in [0.2, 0.25) is 0 Å². The van der Waals surface area contributed by atoms with Crippen LogP contribution in [0.3, 0.4) is 0 Å². The molecule has 0 radical (unpaired) electrons. The second kappa shape index (κ2) is 5.83. The topological polar surface area (TPSA) is 15.3 Å². The van der Waals surface area contributed by atoms with E-state index in [1.54, 1.807) is 0 Å². The highest BCUT2D eigenvalue weighted by molar-refractivity contribution is 5.26. The molecule has 1 aliphatic rings. The minimum absolute atomic E-state index is 0.0548. The van der Waals surface area contributed by atoms with E-state index in [4.69, 9.17) is 6.42 Å². The number of rotatable bonds is 3. The molecule has 0 aromatic heterocycles. The van der Waals surface area contributed by atoms with Gasteiger partial charge in [0.15, 0.2) is 0 Å². The van der Waals surface area contributed by atoms with Crippen molar-refractivity contribution in [2.24, 2.45) is 5.92 Å². The number of benzene rings is 1. The summed E-state index contributed by atoms with van der Waals surface area (Å²) < 4.78 is 0. The Morgan fingerprint density at radius 1 is 1.33 bits per heavy atom. The van der Waals surface area contributed by atoms with E-state index in [1.165, 1.54) is 5.56 Å². The molecule has 2 atom stereocenters. The summed E-state index contributed by atoms with van der Waals surface area (Å²) >= 11 is 0. The Balaban J connectivity index is 2.34. The number of nitrogens with zero attached hydrogens (tertiary/aromatic N) is 1. The van der Waals surface area contributed by atoms with Crippen LogP contribution >= 0.6 is 0 Å². The van der Waals surface area contributed by atoms with E-state index < -0.39 is 0 Å². The molecule has 2 heteroatoms. The molecule has 1 N–H and O–H groups in total. The number of hydrogen-bond donors (Lipinski definition) is 1. The third kappa shape index (κ3) is 3.15. The second-order valence-corrected chi connectivity index (χ2v) is 7.22. The van der Waals surface area contributed by atoms with Gasteiger partial charge in [0.25, 0.3) is 0 Å². The summed E-state index contributed by atoms with van der Waals surface area (Å²) in [4.78, 5) is 2.50. The predicted octanol–water partition coefficient (Wildman–Crippen LogP) is 3.24. The molecular weight excluding hydrogens is 256 g/mol. The molecule has 1 aliphatic heterocycles. The highest BCUT2D eigenvalue weighted by Crippen LogP contribution is 2.32. The van der Waals surface area contributed by atoms with Crippen LogP contribution in [0.1, 0.15) is 40.2 Å². The first kappa shape index (κ1) is 16.1. The normalized spacial score (nSPS) is 27.6. The van der Waals surface area contributed by atoms with Crippen LogP contribution in [0.15, 0.2) is 30.3 Å². The Labute approximate surface area is 129 Å². The van der Waals surface area contributed by atoms with Crippen LogP contribution in [0.2, 0.25) is 0 Å². The standard InChI is InChI=1S/C19H28N2/c1-7-18(4,5)21-14-19(6,16-11-9-8-10-12-16)20-13-17(21)15(2)3/h1,8-12,15,17,20H,13-14H2,2-6H3. The Morgan fingerprint density at radius 3 is 2.48 bits per heavy atom. The van der Waals surface area contributed by atoms with E-state index in [2.05, 4.69) is 81.1 Å². The Kier molecular flexibility index (Phi) is 4.46. The summed E-state index contributed by atoms with van der Waals surface area (Å²) in [7, 11) is 0. The summed E-state index contributed by atoms with van der Waals surface area (Å²) in [5, 5.41) is 3.76. The maximum absolute atomic E-state index is 5.81. The minimum Gasteiger partial charge on any atom is -0.305 e. The van der Waals surface area contributed by atoms with Crippen molar-refractivity contribution in [1.82, 2.24) is 10.2 Å². The van der Waals surface area contributed by atoms with Crippen molar-refractivity contribution >= 4 is 0 Å². The molecule has 1 aromatic carbocycles. The Bertz CT molecular complexity index is 512. The molecule has 1 aromatic rings. The van der Waals surface area contributed by atoms with Gasteiger partial charge in [-0.05, 0) is 32.3 Å². The average molecular weight is 284 g/mol. The summed E-state index contributed by atoms with van der Waals surface area (Å²) in [6.45, 7) is 13.0. The van der Waals surface area contributed by atoms with Crippen LogP contribution in [-0.2, 0) is 5.54 Å². The van der Waals surface area contributed by atoms with Gasteiger partial charge in [-0.15, -0.1) is 6.42 Å². The first-order valence-corrected chi connectivity index (χ1v) is 7.85. The molecule has 0 aliphatic carbocycles. The molecule has 0 amide bonds. The average Bonchev–Trinajstić information content (AvgIpc) is 2.48. The van der Waals surface area contributed by atoms with Crippen molar-refractivity contribution in [3.05, 3.63) is 35.9 Å². The van der Waals surface area contributed by atoms with Crippen LogP contribution in [0, 0.1) is 18.3 Å². The van der Waals surface area contributed by atoms with Crippen LogP contribution in [0.4, 0.5) is 0 Å². The molecule has 21 heavy (non-hydrogen) atoms. The zero-order chi connectivity index (χ0) is 15.7. The van der Waals surface area contributed by atoms with Gasteiger partial charge in [0.1, 0.15) is 0 Å². The molecular formula is C19H28N2. The summed E-state index contributed by atoms with van der Waals surface area (Å²) in [6, 6.07) is 11.1. The van der Waals surface area contributed by atoms with Gasteiger partial charge in [-0.1, -0.05) is 50.1 Å². The van der Waals surface area contributed by atoms with Crippen molar-refractivity contribution in [3.8, 4) is 12.3 Å². The fraction of sp³-hybridized carbons (Fsp3) is 0.579. The molecule has 0 saturated carbocycles. The van der Waals surface area contributed by atoms with Gasteiger partial charge in [0.05, 0.1) is 11.1 Å². The minimum atomic E-state index is -0.229. The Hall–Kier alpha value is -1.30. The predicted molar refractivity (Wildman–Crippen MR) is 90.0 cm³/mol. The monoisotopic (exact) mass is 284 g/mol. The summed E-state index contributed by atoms with van der Waals surface area (Å²) in [6.07, 6.45) is 5.81. The molecule has 1 heterocycles. The highest BCUT2D eigenvalue weighted by atomic mass is 15.3. The van der Waals surface area contributed by atoms with E-state index in [-0.39, 0.29) is 11.1 Å². The lowest BCUT2D eigenvalue weighted by Crippen LogP contribution is -2.67.